The average molecular weight is 2100 g/mol. The van der Waals surface area contributed by atoms with E-state index >= 15 is 4.79 Å². The van der Waals surface area contributed by atoms with Gasteiger partial charge in [-0.3, -0.25) is 67.6 Å². The second-order valence-corrected chi connectivity index (χ2v) is 42.5. The summed E-state index contributed by atoms with van der Waals surface area (Å²) in [4.78, 5) is 173. The SMILES string of the molecule is Cc1ccc2c(c1)[C@@]1(C)CCC[C@](C)(C(=O)NC(=O)[C@@]3(C)CCC[C@]4(C)c5cc(NC(=O)[C@H](CO)NC(=O)[C@H](CCCNC(N)=O)NC(=O)[C@@H](NC(=O)[C@@H](CCCCNC(=O)COC6CCCCCC(=NCCOCCOCCOCCOCCC(=O)NCCS(=O)(=O)O)C6=NN)CC(=O)CCOCCOCCOCCOCCCC(=O)CCC(=O)N6Cc7ccccc7C#Cc7ccccc76)C(C)C)ccc5CC[C@@H]34)[C@@H]1CC2. The summed E-state index contributed by atoms with van der Waals surface area (Å²) in [7, 11) is -4.17. The van der Waals surface area contributed by atoms with Gasteiger partial charge in [0.25, 0.3) is 10.1 Å². The number of nitrogens with one attached hydrogen (secondary N) is 8. The highest BCUT2D eigenvalue weighted by Gasteiger charge is 2.59. The predicted molar refractivity (Wildman–Crippen MR) is 562 cm³/mol. The van der Waals surface area contributed by atoms with Crippen LogP contribution in [0.1, 0.15) is 247 Å². The van der Waals surface area contributed by atoms with Gasteiger partial charge in [-0.05, 0) is 196 Å². The summed E-state index contributed by atoms with van der Waals surface area (Å²) in [6.45, 7) is 17.2. The standard InChI is InChI=1S/C110H159N13O25S/c1-75(2)98(103(133)118-89(27-17-49-116-106(111)136)101(131)119-90(73-124)102(132)117-83-37-34-79-36-40-94-108(5,87(79)71-83)45-20-47-110(94,7)105(135)121-104(134)109(6)46-19-44-107(4)86-69-76(3)30-31-78(86)35-39-93(107)109)120-100(130)81(70-85(126)42-53-141-57-61-145-65-64-144-60-56-140-52-18-25-84(125)38-41-97(129)123-72-82-24-12-11-21-77(82)32-33-80-22-13-14-28-91(80)123)23-15-16-48-114-96(128)74-148-92-29-10-8-9-26-88(99(92)122-112)113-50-55-143-59-63-147-67-66-146-62-58-142-54-43-95(127)115-51-68-149(137,138)139/h11-14,21-22,24,28,30-31,34,37,69,71,75,81,89-90,92-94,98,124H,8-10,15-20,23,25-27,29,35-36,38-68,70,72-74,112H2,1-7H3,(H,114,128)(H,115,127)(H,117,132)(H,118,133)(H,119,131)(H,120,130)(H3,111,116,136)(H,121,134,135)(H,137,138,139)/t81-,89-,90-,92?,93+,94+,98-,107+,108+,109-,110-/m0/s1. The first-order valence-corrected chi connectivity index (χ1v) is 54.7. The van der Waals surface area contributed by atoms with Crippen molar-refractivity contribution in [2.45, 2.75) is 263 Å². The van der Waals surface area contributed by atoms with E-state index in [1.165, 1.54) is 16.7 Å². The van der Waals surface area contributed by atoms with E-state index in [0.29, 0.717) is 140 Å². The van der Waals surface area contributed by atoms with Crippen LogP contribution in [0, 0.1) is 53.3 Å². The number of rotatable bonds is 63. The van der Waals surface area contributed by atoms with Crippen molar-refractivity contribution in [3.05, 3.63) is 129 Å². The number of nitrogens with two attached hydrogens (primary N) is 2. The zero-order valence-electron chi connectivity index (χ0n) is 88.0. The lowest BCUT2D eigenvalue weighted by molar-refractivity contribution is -0.150. The van der Waals surface area contributed by atoms with Gasteiger partial charge in [0.1, 0.15) is 48.1 Å². The third-order valence-electron chi connectivity index (χ3n) is 29.7. The Bertz CT molecular complexity index is 5400. The number of nitrogens with zero attached hydrogens (tertiary/aromatic N) is 3. The molecule has 1 aliphatic heterocycles. The molecule has 149 heavy (non-hydrogen) atoms. The lowest BCUT2D eigenvalue weighted by Crippen LogP contribution is -2.60. The fourth-order valence-corrected chi connectivity index (χ4v) is 22.0. The van der Waals surface area contributed by atoms with Crippen LogP contribution in [0.25, 0.3) is 0 Å². The Morgan fingerprint density at radius 2 is 1.09 bits per heavy atom. The van der Waals surface area contributed by atoms with Crippen LogP contribution in [-0.2, 0) is 136 Å². The first-order valence-electron chi connectivity index (χ1n) is 53.1. The number of benzene rings is 4. The number of para-hydroxylation sites is 1. The number of hydrazone groups is 1. The number of aryl methyl sites for hydroxylation is 3. The van der Waals surface area contributed by atoms with Crippen molar-refractivity contribution >= 4 is 104 Å². The van der Waals surface area contributed by atoms with Gasteiger partial charge in [-0.15, -0.1) is 0 Å². The van der Waals surface area contributed by atoms with Crippen molar-refractivity contribution in [3.63, 3.8) is 0 Å². The summed E-state index contributed by atoms with van der Waals surface area (Å²) in [6, 6.07) is 22.4. The van der Waals surface area contributed by atoms with E-state index in [0.717, 1.165) is 79.2 Å². The number of carbonyl (C=O) groups is 12. The minimum atomic E-state index is -4.17. The van der Waals surface area contributed by atoms with Crippen LogP contribution < -0.4 is 59.0 Å². The molecular weight excluding hydrogens is 1940 g/mol. The quantitative estimate of drug-likeness (QED) is 0.00490. The Morgan fingerprint density at radius 3 is 1.72 bits per heavy atom. The number of hydrogen-bond donors (Lipinski definition) is 12. The number of anilines is 2. The number of ether oxygens (including phenoxy) is 9. The molecule has 4 aromatic rings. The Morgan fingerprint density at radius 1 is 0.523 bits per heavy atom. The number of primary amides is 1. The number of Topliss-reactive ketones (excluding diaryl/α,β-unsaturated/α-hetero) is 2. The number of urea groups is 1. The number of aliphatic imine (C=N–C) groups is 1. The molecule has 14 N–H and O–H groups in total. The first-order chi connectivity index (χ1) is 71.6. The molecule has 1 unspecified atom stereocenters. The average Bonchev–Trinajstić information content (AvgIpc) is 0.717. The van der Waals surface area contributed by atoms with Crippen molar-refractivity contribution in [2.24, 2.45) is 56.2 Å². The van der Waals surface area contributed by atoms with E-state index in [1.54, 1.807) is 24.8 Å². The molecule has 0 bridgehead atoms. The molecule has 3 fully saturated rings. The van der Waals surface area contributed by atoms with Crippen LogP contribution in [0.4, 0.5) is 16.2 Å². The Balaban J connectivity index is 0.687. The number of ketones is 2. The van der Waals surface area contributed by atoms with Crippen molar-refractivity contribution in [1.82, 2.24) is 37.2 Å². The summed E-state index contributed by atoms with van der Waals surface area (Å²) in [5.74, 6) is 5.20. The topological polar surface area (TPSA) is 539 Å². The predicted octanol–water partition coefficient (Wildman–Crippen LogP) is 8.81. The molecule has 6 aliphatic rings. The molecule has 39 heteroatoms. The van der Waals surface area contributed by atoms with Crippen LogP contribution >= 0.6 is 0 Å². The first kappa shape index (κ1) is 120. The molecule has 820 valence electrons. The highest BCUT2D eigenvalue weighted by Crippen LogP contribution is 2.60. The van der Waals surface area contributed by atoms with Gasteiger partial charge in [0.2, 0.25) is 53.2 Å². The van der Waals surface area contributed by atoms with Gasteiger partial charge in [-0.1, -0.05) is 146 Å². The van der Waals surface area contributed by atoms with Crippen molar-refractivity contribution < 1.29 is 118 Å². The Hall–Kier alpha value is -10.9. The number of amides is 11. The fourth-order valence-electron chi connectivity index (χ4n) is 21.6. The highest BCUT2D eigenvalue weighted by atomic mass is 32.2. The summed E-state index contributed by atoms with van der Waals surface area (Å²) in [6.07, 6.45) is 12.0. The largest absolute Gasteiger partial charge is 0.394 e. The van der Waals surface area contributed by atoms with E-state index in [2.05, 4.69) is 105 Å². The molecule has 0 aromatic heterocycles. The summed E-state index contributed by atoms with van der Waals surface area (Å²) < 4.78 is 81.7. The van der Waals surface area contributed by atoms with Crippen molar-refractivity contribution in [1.29, 1.82) is 0 Å². The molecule has 0 spiro atoms. The summed E-state index contributed by atoms with van der Waals surface area (Å²) in [5.41, 5.74) is 13.5. The number of aliphatic hydroxyl groups is 1. The molecule has 11 atom stereocenters. The van der Waals surface area contributed by atoms with Gasteiger partial charge in [-0.25, -0.2) is 4.79 Å². The number of hydrogen-bond acceptors (Lipinski definition) is 27. The molecule has 38 nitrogen and oxygen atoms in total. The Labute approximate surface area is 876 Å². The maximum atomic E-state index is 15.1. The second kappa shape index (κ2) is 61.0. The van der Waals surface area contributed by atoms with Crippen molar-refractivity contribution in [3.8, 4) is 11.8 Å². The number of aliphatic hydroxyl groups excluding tert-OH is 1. The maximum absolute atomic E-state index is 15.1. The summed E-state index contributed by atoms with van der Waals surface area (Å²) >= 11 is 0. The molecule has 5 aliphatic carbocycles. The van der Waals surface area contributed by atoms with Gasteiger partial charge in [0.15, 0.2) is 0 Å². The summed E-state index contributed by atoms with van der Waals surface area (Å²) in [5, 5.41) is 36.9. The van der Waals surface area contributed by atoms with Crippen LogP contribution in [0.3, 0.4) is 0 Å². The number of fused-ring (bicyclic) bond motifs is 8. The molecule has 10 rings (SSSR count). The molecular formula is C110H159N13O25S. The third kappa shape index (κ3) is 37.0. The minimum absolute atomic E-state index is 0.00194. The van der Waals surface area contributed by atoms with Crippen molar-refractivity contribution in [2.75, 3.05) is 161 Å². The van der Waals surface area contributed by atoms with Gasteiger partial charge >= 0.3 is 6.03 Å². The second-order valence-electron chi connectivity index (χ2n) is 40.9. The van der Waals surface area contributed by atoms with Gasteiger partial charge in [0.05, 0.1) is 147 Å². The lowest BCUT2D eigenvalue weighted by Gasteiger charge is -2.56. The van der Waals surface area contributed by atoms with Crippen LogP contribution in [-0.4, -0.2) is 275 Å². The number of unbranched alkanes of at least 4 members (excludes halogenated alkanes) is 1. The molecule has 0 saturated heterocycles. The zero-order valence-corrected chi connectivity index (χ0v) is 88.8. The van der Waals surface area contributed by atoms with Gasteiger partial charge in [-0.2, -0.15) is 13.5 Å². The monoisotopic (exact) mass is 2090 g/mol. The number of carbonyl (C=O) groups excluding carboxylic acids is 12. The van der Waals surface area contributed by atoms with E-state index < -0.39 is 116 Å². The van der Waals surface area contributed by atoms with Crippen LogP contribution in [0.15, 0.2) is 95.0 Å². The zero-order chi connectivity index (χ0) is 107. The van der Waals surface area contributed by atoms with Crippen LogP contribution in [0.5, 0.6) is 0 Å². The minimum Gasteiger partial charge on any atom is -0.394 e. The molecule has 4 aromatic carbocycles. The lowest BCUT2D eigenvalue weighted by atomic mass is 9.49. The van der Waals surface area contributed by atoms with E-state index in [-0.39, 0.29) is 197 Å². The van der Waals surface area contributed by atoms with Crippen LogP contribution in [0.2, 0.25) is 0 Å². The molecule has 0 radical (unpaired) electrons. The normalized spacial score (nSPS) is 21.2. The molecule has 11 amide bonds. The third-order valence-corrected chi connectivity index (χ3v) is 30.5. The highest BCUT2D eigenvalue weighted by molar-refractivity contribution is 7.85. The Kier molecular flexibility index (Phi) is 49.1. The fraction of sp³-hybridized carbons (Fsp3) is 0.636. The van der Waals surface area contributed by atoms with Gasteiger partial charge in [0, 0.05) is 87.5 Å². The van der Waals surface area contributed by atoms with Gasteiger partial charge < -0.3 is 101 Å². The molecule has 3 saturated carbocycles. The smallest absolute Gasteiger partial charge is 0.312 e. The maximum Gasteiger partial charge on any atom is 0.312 e. The van der Waals surface area contributed by atoms with E-state index in [9.17, 15) is 66.3 Å². The number of imide groups is 1. The van der Waals surface area contributed by atoms with E-state index in [4.69, 9.17) is 63.8 Å². The molecule has 1 heterocycles. The van der Waals surface area contributed by atoms with E-state index in [1.807, 2.05) is 67.6 Å².